The highest BCUT2D eigenvalue weighted by molar-refractivity contribution is 5.95. The van der Waals surface area contributed by atoms with Crippen LogP contribution in [-0.4, -0.2) is 31.8 Å². The maximum atomic E-state index is 11.6. The lowest BCUT2D eigenvalue weighted by atomic mass is 9.99. The number of imidazole rings is 1. The zero-order valence-corrected chi connectivity index (χ0v) is 15.8. The Morgan fingerprint density at radius 3 is 2.63 bits per heavy atom. The van der Waals surface area contributed by atoms with Gasteiger partial charge in [-0.3, -0.25) is 0 Å². The topological polar surface area (TPSA) is 84.6 Å². The van der Waals surface area contributed by atoms with E-state index in [1.165, 1.54) is 6.07 Å². The van der Waals surface area contributed by atoms with Gasteiger partial charge in [0.05, 0.1) is 17.2 Å². The quantitative estimate of drug-likeness (QED) is 0.743. The third-order valence-corrected chi connectivity index (χ3v) is 5.53. The van der Waals surface area contributed by atoms with Crippen molar-refractivity contribution in [2.24, 2.45) is 7.05 Å². The van der Waals surface area contributed by atoms with Gasteiger partial charge in [-0.15, -0.1) is 0 Å². The van der Waals surface area contributed by atoms with Gasteiger partial charge in [0.25, 0.3) is 0 Å². The zero-order valence-electron chi connectivity index (χ0n) is 15.8. The van der Waals surface area contributed by atoms with E-state index < -0.39 is 18.2 Å². The van der Waals surface area contributed by atoms with Gasteiger partial charge in [0.1, 0.15) is 17.1 Å². The van der Waals surface area contributed by atoms with E-state index >= 15 is 0 Å². The zero-order chi connectivity index (χ0) is 19.5. The first-order chi connectivity index (χ1) is 12.8. The van der Waals surface area contributed by atoms with Gasteiger partial charge in [-0.25, -0.2) is 9.78 Å². The number of ether oxygens (including phenoxy) is 1. The molecule has 2 aromatic carbocycles. The van der Waals surface area contributed by atoms with Crippen LogP contribution in [0.5, 0.6) is 5.75 Å². The fourth-order valence-corrected chi connectivity index (χ4v) is 3.93. The second-order valence-corrected chi connectivity index (χ2v) is 7.27. The summed E-state index contributed by atoms with van der Waals surface area (Å²) in [6.07, 6.45) is -0.709. The van der Waals surface area contributed by atoms with Crippen molar-refractivity contribution in [1.82, 2.24) is 9.55 Å². The standard InChI is InChI=1S/C21H22N2O4/c1-10-5-6-11(2)18-14(10)9-16(24)20(18)27-17-8-13(21(25)26)7-15-19(17)22-12(3)23(15)4/h5-8,16,20,24H,9H2,1-4H3,(H,25,26). The molecule has 6 nitrogen and oxygen atoms in total. The molecule has 140 valence electrons. The first-order valence-corrected chi connectivity index (χ1v) is 8.92. The molecular formula is C21H22N2O4. The van der Waals surface area contributed by atoms with Crippen molar-refractivity contribution in [2.75, 3.05) is 0 Å². The molecule has 0 bridgehead atoms. The lowest BCUT2D eigenvalue weighted by molar-refractivity contribution is 0.0499. The Hall–Kier alpha value is -2.86. The van der Waals surface area contributed by atoms with Crippen LogP contribution in [0.4, 0.5) is 0 Å². The Labute approximate surface area is 157 Å². The Balaban J connectivity index is 1.87. The van der Waals surface area contributed by atoms with Crippen LogP contribution in [0.15, 0.2) is 24.3 Å². The Morgan fingerprint density at radius 1 is 1.22 bits per heavy atom. The van der Waals surface area contributed by atoms with Crippen molar-refractivity contribution < 1.29 is 19.7 Å². The van der Waals surface area contributed by atoms with Crippen LogP contribution >= 0.6 is 0 Å². The lowest BCUT2D eigenvalue weighted by Crippen LogP contribution is -2.20. The highest BCUT2D eigenvalue weighted by Crippen LogP contribution is 2.40. The van der Waals surface area contributed by atoms with E-state index in [0.29, 0.717) is 23.2 Å². The maximum absolute atomic E-state index is 11.6. The second kappa shape index (κ2) is 6.09. The number of hydrogen-bond donors (Lipinski definition) is 2. The number of carboxylic acids is 1. The summed E-state index contributed by atoms with van der Waals surface area (Å²) < 4.78 is 8.07. The third kappa shape index (κ3) is 2.68. The second-order valence-electron chi connectivity index (χ2n) is 7.27. The number of rotatable bonds is 3. The Kier molecular flexibility index (Phi) is 3.96. The van der Waals surface area contributed by atoms with Gasteiger partial charge in [0, 0.05) is 19.0 Å². The fourth-order valence-electron chi connectivity index (χ4n) is 3.93. The van der Waals surface area contributed by atoms with Crippen LogP contribution < -0.4 is 4.74 Å². The number of aliphatic hydroxyl groups excluding tert-OH is 1. The molecule has 2 unspecified atom stereocenters. The summed E-state index contributed by atoms with van der Waals surface area (Å²) in [6.45, 7) is 5.89. The van der Waals surface area contributed by atoms with Gasteiger partial charge >= 0.3 is 5.97 Å². The highest BCUT2D eigenvalue weighted by atomic mass is 16.5. The van der Waals surface area contributed by atoms with Crippen LogP contribution in [0.25, 0.3) is 11.0 Å². The first-order valence-electron chi connectivity index (χ1n) is 8.92. The maximum Gasteiger partial charge on any atom is 0.335 e. The molecule has 0 spiro atoms. The first kappa shape index (κ1) is 17.5. The minimum absolute atomic E-state index is 0.133. The summed E-state index contributed by atoms with van der Waals surface area (Å²) in [5, 5.41) is 20.1. The predicted octanol–water partition coefficient (Wildman–Crippen LogP) is 3.23. The van der Waals surface area contributed by atoms with Crippen LogP contribution in [0.1, 0.15) is 44.5 Å². The predicted molar refractivity (Wildman–Crippen MR) is 101 cm³/mol. The van der Waals surface area contributed by atoms with Crippen molar-refractivity contribution in [1.29, 1.82) is 0 Å². The lowest BCUT2D eigenvalue weighted by Gasteiger charge is -2.20. The average molecular weight is 366 g/mol. The number of benzene rings is 2. The van der Waals surface area contributed by atoms with Crippen LogP contribution in [0.3, 0.4) is 0 Å². The molecule has 4 rings (SSSR count). The van der Waals surface area contributed by atoms with Crippen molar-refractivity contribution in [3.8, 4) is 5.75 Å². The number of carboxylic acid groups (broad SMARTS) is 1. The largest absolute Gasteiger partial charge is 0.481 e. The van der Waals surface area contributed by atoms with E-state index in [9.17, 15) is 15.0 Å². The molecule has 2 atom stereocenters. The summed E-state index contributed by atoms with van der Waals surface area (Å²) in [5.74, 6) is 0.114. The van der Waals surface area contributed by atoms with Gasteiger partial charge in [-0.1, -0.05) is 12.1 Å². The molecule has 27 heavy (non-hydrogen) atoms. The van der Waals surface area contributed by atoms with E-state index in [-0.39, 0.29) is 5.56 Å². The molecule has 1 aromatic heterocycles. The summed E-state index contributed by atoms with van der Waals surface area (Å²) in [7, 11) is 1.84. The summed E-state index contributed by atoms with van der Waals surface area (Å²) in [6, 6.07) is 7.16. The van der Waals surface area contributed by atoms with Gasteiger partial charge in [0.15, 0.2) is 6.10 Å². The molecule has 1 aliphatic rings. The molecule has 0 saturated heterocycles. The van der Waals surface area contributed by atoms with E-state index in [4.69, 9.17) is 4.74 Å². The van der Waals surface area contributed by atoms with E-state index in [0.717, 1.165) is 28.1 Å². The number of aromatic carboxylic acids is 1. The van der Waals surface area contributed by atoms with Crippen LogP contribution in [0, 0.1) is 20.8 Å². The molecular weight excluding hydrogens is 344 g/mol. The number of nitrogens with zero attached hydrogens (tertiary/aromatic N) is 2. The number of aromatic nitrogens is 2. The van der Waals surface area contributed by atoms with E-state index in [2.05, 4.69) is 11.1 Å². The molecule has 0 radical (unpaired) electrons. The molecule has 3 aromatic rings. The molecule has 0 saturated carbocycles. The normalized spacial score (nSPS) is 18.7. The monoisotopic (exact) mass is 366 g/mol. The van der Waals surface area contributed by atoms with E-state index in [1.807, 2.05) is 38.5 Å². The number of aryl methyl sites for hydroxylation is 4. The molecule has 0 amide bonds. The van der Waals surface area contributed by atoms with Gasteiger partial charge < -0.3 is 19.5 Å². The molecule has 0 fully saturated rings. The summed E-state index contributed by atoms with van der Waals surface area (Å²) >= 11 is 0. The third-order valence-electron chi connectivity index (χ3n) is 5.53. The minimum Gasteiger partial charge on any atom is -0.481 e. The average Bonchev–Trinajstić information content (AvgIpc) is 3.10. The fraction of sp³-hybridized carbons (Fsp3) is 0.333. The Bertz CT molecular complexity index is 1080. The highest BCUT2D eigenvalue weighted by Gasteiger charge is 2.36. The van der Waals surface area contributed by atoms with Crippen molar-refractivity contribution >= 4 is 17.0 Å². The number of aliphatic hydroxyl groups is 1. The molecule has 1 aliphatic carbocycles. The number of hydrogen-bond acceptors (Lipinski definition) is 4. The SMILES string of the molecule is Cc1ccc(C)c2c1CC(O)C2Oc1cc(C(=O)O)cc2c1nc(C)n2C. The minimum atomic E-state index is -1.03. The van der Waals surface area contributed by atoms with Crippen LogP contribution in [-0.2, 0) is 13.5 Å². The van der Waals surface area contributed by atoms with Gasteiger partial charge in [-0.05, 0) is 49.6 Å². The van der Waals surface area contributed by atoms with Gasteiger partial charge in [-0.2, -0.15) is 0 Å². The summed E-state index contributed by atoms with van der Waals surface area (Å²) in [5.41, 5.74) is 5.70. The molecule has 2 N–H and O–H groups in total. The smallest absolute Gasteiger partial charge is 0.335 e. The van der Waals surface area contributed by atoms with Crippen molar-refractivity contribution in [3.05, 3.63) is 57.9 Å². The molecule has 0 aliphatic heterocycles. The van der Waals surface area contributed by atoms with Crippen molar-refractivity contribution in [3.63, 3.8) is 0 Å². The number of fused-ring (bicyclic) bond motifs is 2. The van der Waals surface area contributed by atoms with E-state index in [1.54, 1.807) is 6.07 Å². The number of carbonyl (C=O) groups is 1. The Morgan fingerprint density at radius 2 is 1.93 bits per heavy atom. The summed E-state index contributed by atoms with van der Waals surface area (Å²) in [4.78, 5) is 16.1. The van der Waals surface area contributed by atoms with Crippen LogP contribution in [0.2, 0.25) is 0 Å². The molecule has 1 heterocycles. The van der Waals surface area contributed by atoms with Crippen molar-refractivity contribution in [2.45, 2.75) is 39.4 Å². The molecule has 6 heteroatoms. The van der Waals surface area contributed by atoms with Gasteiger partial charge in [0.2, 0.25) is 0 Å².